The maximum atomic E-state index is 11.2. The second kappa shape index (κ2) is 29.4. The molecule has 320 valence electrons. The molecule has 0 bridgehead atoms. The Kier molecular flexibility index (Phi) is 25.9. The minimum absolute atomic E-state index is 0.0535. The van der Waals surface area contributed by atoms with E-state index in [0.717, 1.165) is 18.4 Å². The number of rotatable bonds is 23. The van der Waals surface area contributed by atoms with Crippen molar-refractivity contribution < 1.29 is 72.3 Å². The Morgan fingerprint density at radius 1 is 0.526 bits per heavy atom. The van der Waals surface area contributed by atoms with Crippen molar-refractivity contribution in [2.75, 3.05) is 69.1 Å². The number of halogens is 1. The summed E-state index contributed by atoms with van der Waals surface area (Å²) in [6.07, 6.45) is 3.68. The average molecular weight is 872 g/mol. The highest BCUT2D eigenvalue weighted by Gasteiger charge is 2.16. The lowest BCUT2D eigenvalue weighted by Gasteiger charge is -2.15. The van der Waals surface area contributed by atoms with E-state index in [4.69, 9.17) is 52.5 Å². The van der Waals surface area contributed by atoms with Crippen LogP contribution in [0.3, 0.4) is 0 Å². The van der Waals surface area contributed by atoms with Gasteiger partial charge in [-0.25, -0.2) is 0 Å². The van der Waals surface area contributed by atoms with Gasteiger partial charge < -0.3 is 62.7 Å². The molecule has 0 amide bonds. The molecular weight excluding hydrogens is 812 g/mol. The van der Waals surface area contributed by atoms with Gasteiger partial charge in [-0.05, 0) is 92.6 Å². The van der Waals surface area contributed by atoms with Gasteiger partial charge in [0.25, 0.3) is 0 Å². The number of aliphatic hydroxyl groups is 2. The number of benzene rings is 3. The molecule has 0 unspecified atom stereocenters. The molecule has 0 atom stereocenters. The number of unbranched alkanes of at least 4 members (excludes halogenated alkanes) is 2. The zero-order chi connectivity index (χ0) is 42.6. The molecule has 0 aromatic heterocycles. The second-order valence-corrected chi connectivity index (χ2v) is 12.2. The van der Waals surface area contributed by atoms with Gasteiger partial charge >= 0.3 is 11.9 Å². The molecule has 0 aliphatic carbocycles. The van der Waals surface area contributed by atoms with Crippen molar-refractivity contribution in [2.24, 2.45) is 0 Å². The molecule has 16 heteroatoms. The molecule has 3 rings (SSSR count). The van der Waals surface area contributed by atoms with Crippen LogP contribution in [0.2, 0.25) is 0 Å². The van der Waals surface area contributed by atoms with Gasteiger partial charge in [-0.2, -0.15) is 0 Å². The number of carbonyl (C=O) groups excluding carboxylic acids is 2. The molecule has 15 nitrogen and oxygen atoms in total. The molecule has 3 aromatic rings. The van der Waals surface area contributed by atoms with Crippen LogP contribution in [0.25, 0.3) is 0 Å². The fourth-order valence-electron chi connectivity index (χ4n) is 4.92. The van der Waals surface area contributed by atoms with Gasteiger partial charge in [0, 0.05) is 18.2 Å². The second-order valence-electron chi connectivity index (χ2n) is 11.7. The Bertz CT molecular complexity index is 1450. The van der Waals surface area contributed by atoms with Gasteiger partial charge in [0.1, 0.15) is 0 Å². The van der Waals surface area contributed by atoms with E-state index in [-0.39, 0.29) is 30.9 Å². The van der Waals surface area contributed by atoms with Crippen molar-refractivity contribution in [3.05, 3.63) is 53.1 Å². The highest BCUT2D eigenvalue weighted by Crippen LogP contribution is 2.40. The normalized spacial score (nSPS) is 10.1. The van der Waals surface area contributed by atoms with Crippen molar-refractivity contribution >= 4 is 27.9 Å². The van der Waals surface area contributed by atoms with Crippen molar-refractivity contribution in [3.63, 3.8) is 0 Å². The molecule has 0 spiro atoms. The van der Waals surface area contributed by atoms with Crippen LogP contribution in [0.5, 0.6) is 51.7 Å². The number of phenolic OH excluding ortho intramolecular Hbond substituents is 1. The average Bonchev–Trinajstić information content (AvgIpc) is 3.23. The molecule has 0 fully saturated rings. The number of aromatic hydroxyl groups is 1. The number of phenols is 1. The number of esters is 2. The number of ether oxygens (including phenoxy) is 10. The van der Waals surface area contributed by atoms with Gasteiger partial charge in [0.2, 0.25) is 17.2 Å². The number of alkyl halides is 1. The fraction of sp³-hybridized carbons (Fsp3) is 0.512. The Hall–Kier alpha value is -4.80. The maximum Gasteiger partial charge on any atom is 0.305 e. The molecule has 0 saturated carbocycles. The number of hydrogen-bond acceptors (Lipinski definition) is 15. The lowest BCUT2D eigenvalue weighted by molar-refractivity contribution is -0.144. The van der Waals surface area contributed by atoms with E-state index in [1.54, 1.807) is 52.3 Å². The van der Waals surface area contributed by atoms with E-state index >= 15 is 0 Å². The summed E-state index contributed by atoms with van der Waals surface area (Å²) >= 11 is 3.41. The molecule has 3 aromatic carbocycles. The predicted molar refractivity (Wildman–Crippen MR) is 217 cm³/mol. The van der Waals surface area contributed by atoms with E-state index < -0.39 is 0 Å². The summed E-state index contributed by atoms with van der Waals surface area (Å²) in [5, 5.41) is 28.3. The minimum Gasteiger partial charge on any atom is -0.502 e. The summed E-state index contributed by atoms with van der Waals surface area (Å²) in [4.78, 5) is 22.5. The summed E-state index contributed by atoms with van der Waals surface area (Å²) in [6, 6.07) is 10.3. The third-order valence-corrected chi connectivity index (χ3v) is 8.40. The summed E-state index contributed by atoms with van der Waals surface area (Å²) in [6.45, 7) is 5.11. The first kappa shape index (κ1) is 50.2. The van der Waals surface area contributed by atoms with Crippen LogP contribution >= 0.6 is 15.9 Å². The first-order chi connectivity index (χ1) is 27.5. The van der Waals surface area contributed by atoms with E-state index in [0.29, 0.717) is 115 Å². The van der Waals surface area contributed by atoms with E-state index in [2.05, 4.69) is 15.9 Å². The van der Waals surface area contributed by atoms with Gasteiger partial charge in [-0.3, -0.25) is 9.59 Å². The summed E-state index contributed by atoms with van der Waals surface area (Å²) < 4.78 is 52.3. The number of aliphatic hydroxyl groups excluding tert-OH is 2. The third kappa shape index (κ3) is 17.9. The lowest BCUT2D eigenvalue weighted by Crippen LogP contribution is -2.06. The zero-order valence-corrected chi connectivity index (χ0v) is 35.9. The Morgan fingerprint density at radius 3 is 1.12 bits per heavy atom. The quantitative estimate of drug-likeness (QED) is 0.0506. The highest BCUT2D eigenvalue weighted by atomic mass is 79.9. The first-order valence-corrected chi connectivity index (χ1v) is 19.4. The molecule has 57 heavy (non-hydrogen) atoms. The highest BCUT2D eigenvalue weighted by molar-refractivity contribution is 9.08. The van der Waals surface area contributed by atoms with Crippen LogP contribution in [0.4, 0.5) is 0 Å². The van der Waals surface area contributed by atoms with Crippen molar-refractivity contribution in [2.45, 2.75) is 70.9 Å². The smallest absolute Gasteiger partial charge is 0.305 e. The largest absolute Gasteiger partial charge is 0.502 e. The van der Waals surface area contributed by atoms with Crippen molar-refractivity contribution in [1.82, 2.24) is 0 Å². The third-order valence-electron chi connectivity index (χ3n) is 7.75. The zero-order valence-electron chi connectivity index (χ0n) is 34.3. The van der Waals surface area contributed by atoms with Crippen LogP contribution in [-0.4, -0.2) is 96.3 Å². The Labute approximate surface area is 344 Å². The van der Waals surface area contributed by atoms with Gasteiger partial charge in [-0.15, -0.1) is 0 Å². The SMILES string of the molecule is CCOC(=O)CCCCOc1c(OC)cc(CBr)cc1OC.CCOC(=O)CCCCOc1c(OC)cc(CO)cc1OC.COc1cc(CO)cc(OC)c1O. The topological polar surface area (TPSA) is 187 Å². The van der Waals surface area contributed by atoms with Crippen molar-refractivity contribution in [3.8, 4) is 51.7 Å². The molecule has 0 heterocycles. The van der Waals surface area contributed by atoms with Crippen LogP contribution in [0.1, 0.15) is 69.1 Å². The Balaban J connectivity index is 0.000000442. The molecular formula is C41H59BrO15. The molecule has 3 N–H and O–H groups in total. The predicted octanol–water partition coefficient (Wildman–Crippen LogP) is 6.92. The standard InChI is InChI=1S/C16H23BrO5.C16H24O6.C9H12O4/c2*1-4-21-15(18)7-5-6-8-22-16-13(19-2)9-12(11-17)10-14(16)20-3;1-12-7-3-6(5-10)4-8(13-2)9(7)11/h9-10H,4-8,11H2,1-3H3;9-10,17H,4-8,11H2,1-3H3;3-4,10-11H,5H2,1-2H3. The van der Waals surface area contributed by atoms with E-state index in [1.165, 1.54) is 28.4 Å². The van der Waals surface area contributed by atoms with Crippen LogP contribution in [0.15, 0.2) is 36.4 Å². The molecule has 0 saturated heterocycles. The lowest BCUT2D eigenvalue weighted by atomic mass is 10.2. The van der Waals surface area contributed by atoms with Crippen molar-refractivity contribution in [1.29, 1.82) is 0 Å². The number of hydrogen-bond donors (Lipinski definition) is 3. The molecule has 0 radical (unpaired) electrons. The molecule has 0 aliphatic rings. The van der Waals surface area contributed by atoms with E-state index in [1.807, 2.05) is 12.1 Å². The number of carbonyl (C=O) groups is 2. The fourth-order valence-corrected chi connectivity index (χ4v) is 5.24. The van der Waals surface area contributed by atoms with Gasteiger partial charge in [0.05, 0.1) is 82.3 Å². The monoisotopic (exact) mass is 870 g/mol. The Morgan fingerprint density at radius 2 is 0.842 bits per heavy atom. The van der Waals surface area contributed by atoms with Gasteiger partial charge in [-0.1, -0.05) is 15.9 Å². The van der Waals surface area contributed by atoms with Crippen LogP contribution < -0.4 is 37.9 Å². The van der Waals surface area contributed by atoms with Crippen LogP contribution in [0, 0.1) is 0 Å². The summed E-state index contributed by atoms with van der Waals surface area (Å²) in [5.41, 5.74) is 2.36. The summed E-state index contributed by atoms with van der Waals surface area (Å²) in [7, 11) is 9.14. The van der Waals surface area contributed by atoms with E-state index in [9.17, 15) is 19.8 Å². The first-order valence-electron chi connectivity index (χ1n) is 18.3. The minimum atomic E-state index is -0.190. The number of methoxy groups -OCH3 is 6. The van der Waals surface area contributed by atoms with Gasteiger partial charge in [0.15, 0.2) is 34.5 Å². The maximum absolute atomic E-state index is 11.2. The molecule has 0 aliphatic heterocycles. The summed E-state index contributed by atoms with van der Waals surface area (Å²) in [5.74, 6) is 3.56. The van der Waals surface area contributed by atoms with Crippen LogP contribution in [-0.2, 0) is 37.6 Å².